The van der Waals surface area contributed by atoms with Crippen LogP contribution in [0.2, 0.25) is 0 Å². The summed E-state index contributed by atoms with van der Waals surface area (Å²) in [5.41, 5.74) is 4.50. The molecular weight excluding hydrogens is 328 g/mol. The van der Waals surface area contributed by atoms with Crippen molar-refractivity contribution in [2.24, 2.45) is 7.05 Å². The molecule has 0 radical (unpaired) electrons. The summed E-state index contributed by atoms with van der Waals surface area (Å²) in [6.45, 7) is 1.77. The number of anilines is 2. The number of H-pyrrole nitrogens is 1. The van der Waals surface area contributed by atoms with E-state index in [2.05, 4.69) is 15.4 Å². The van der Waals surface area contributed by atoms with Crippen molar-refractivity contribution in [3.8, 4) is 16.9 Å². The third-order valence-corrected chi connectivity index (χ3v) is 4.52. The summed E-state index contributed by atoms with van der Waals surface area (Å²) in [4.78, 5) is 15.3. The molecule has 0 aliphatic carbocycles. The fourth-order valence-electron chi connectivity index (χ4n) is 3.10. The molecule has 0 aliphatic heterocycles. The number of nitrogens with zero attached hydrogens (tertiary/aromatic N) is 2. The lowest BCUT2D eigenvalue weighted by Crippen LogP contribution is -2.22. The smallest absolute Gasteiger partial charge is 0.271 e. The third kappa shape index (κ3) is 2.61. The zero-order chi connectivity index (χ0) is 18.3. The van der Waals surface area contributed by atoms with E-state index in [1.165, 1.54) is 4.68 Å². The van der Waals surface area contributed by atoms with Gasteiger partial charge in [0.2, 0.25) is 0 Å². The fraction of sp³-hybridized carbons (Fsp3) is 0.100. The second-order valence-corrected chi connectivity index (χ2v) is 6.22. The first-order chi connectivity index (χ1) is 12.5. The number of benzene rings is 2. The number of hydrogen-bond donors (Lipinski definition) is 3. The number of fused-ring (bicyclic) bond motifs is 1. The molecule has 130 valence electrons. The lowest BCUT2D eigenvalue weighted by atomic mass is 10.00. The highest BCUT2D eigenvalue weighted by Crippen LogP contribution is 2.37. The summed E-state index contributed by atoms with van der Waals surface area (Å²) in [5.74, 6) is 0.221. The van der Waals surface area contributed by atoms with E-state index >= 15 is 0 Å². The number of phenols is 1. The number of rotatable bonds is 3. The van der Waals surface area contributed by atoms with Gasteiger partial charge in [0.25, 0.3) is 5.56 Å². The van der Waals surface area contributed by atoms with Crippen LogP contribution in [0.4, 0.5) is 11.4 Å². The van der Waals surface area contributed by atoms with Crippen molar-refractivity contribution in [1.82, 2.24) is 14.8 Å². The van der Waals surface area contributed by atoms with Crippen LogP contribution in [0.5, 0.6) is 5.75 Å². The van der Waals surface area contributed by atoms with Crippen LogP contribution in [-0.4, -0.2) is 19.9 Å². The number of aromatic hydroxyl groups is 1. The van der Waals surface area contributed by atoms with Gasteiger partial charge in [-0.25, -0.2) is 4.68 Å². The van der Waals surface area contributed by atoms with E-state index in [0.29, 0.717) is 11.3 Å². The van der Waals surface area contributed by atoms with Gasteiger partial charge >= 0.3 is 0 Å². The minimum absolute atomic E-state index is 0.142. The zero-order valence-electron chi connectivity index (χ0n) is 14.4. The Hall–Kier alpha value is -3.54. The Morgan fingerprint density at radius 1 is 1.15 bits per heavy atom. The van der Waals surface area contributed by atoms with E-state index in [-0.39, 0.29) is 11.3 Å². The van der Waals surface area contributed by atoms with Gasteiger partial charge in [-0.1, -0.05) is 18.2 Å². The number of aryl methyl sites for hydroxylation is 1. The molecule has 2 heterocycles. The molecule has 2 aromatic heterocycles. The topological polar surface area (TPSA) is 82.9 Å². The van der Waals surface area contributed by atoms with Crippen molar-refractivity contribution in [3.05, 3.63) is 70.8 Å². The summed E-state index contributed by atoms with van der Waals surface area (Å²) >= 11 is 0. The van der Waals surface area contributed by atoms with Crippen molar-refractivity contribution < 1.29 is 5.11 Å². The fourth-order valence-corrected chi connectivity index (χ4v) is 3.10. The summed E-state index contributed by atoms with van der Waals surface area (Å²) in [6.07, 6.45) is 3.50. The highest BCUT2D eigenvalue weighted by molar-refractivity contribution is 5.99. The van der Waals surface area contributed by atoms with Gasteiger partial charge in [-0.05, 0) is 36.8 Å². The lowest BCUT2D eigenvalue weighted by molar-refractivity contribution is 0.477. The molecule has 0 bridgehead atoms. The highest BCUT2D eigenvalue weighted by Gasteiger charge is 2.12. The van der Waals surface area contributed by atoms with Gasteiger partial charge in [0, 0.05) is 41.0 Å². The normalized spacial score (nSPS) is 11.0. The summed E-state index contributed by atoms with van der Waals surface area (Å²) in [7, 11) is 1.63. The van der Waals surface area contributed by atoms with E-state index < -0.39 is 0 Å². The average molecular weight is 346 g/mol. The first kappa shape index (κ1) is 16.0. The van der Waals surface area contributed by atoms with E-state index in [9.17, 15) is 9.90 Å². The minimum atomic E-state index is -0.142. The second kappa shape index (κ2) is 6.07. The molecule has 0 atom stereocenters. The molecule has 6 nitrogen and oxygen atoms in total. The van der Waals surface area contributed by atoms with Crippen LogP contribution in [0.25, 0.3) is 22.0 Å². The van der Waals surface area contributed by atoms with Crippen molar-refractivity contribution >= 4 is 22.3 Å². The lowest BCUT2D eigenvalue weighted by Gasteiger charge is -2.13. The van der Waals surface area contributed by atoms with E-state index in [4.69, 9.17) is 0 Å². The molecule has 4 rings (SSSR count). The van der Waals surface area contributed by atoms with E-state index in [0.717, 1.165) is 27.7 Å². The first-order valence-corrected chi connectivity index (χ1v) is 8.24. The molecule has 0 aliphatic rings. The van der Waals surface area contributed by atoms with Crippen LogP contribution in [0.15, 0.2) is 59.7 Å². The van der Waals surface area contributed by atoms with Crippen molar-refractivity contribution in [2.45, 2.75) is 6.92 Å². The summed E-state index contributed by atoms with van der Waals surface area (Å²) in [5, 5.41) is 18.6. The largest absolute Gasteiger partial charge is 0.507 e. The number of nitrogens with one attached hydrogen (secondary N) is 2. The Bertz CT molecular complexity index is 1170. The van der Waals surface area contributed by atoms with Crippen molar-refractivity contribution in [2.75, 3.05) is 5.32 Å². The summed E-state index contributed by atoms with van der Waals surface area (Å²) in [6, 6.07) is 13.1. The maximum Gasteiger partial charge on any atom is 0.271 e. The van der Waals surface area contributed by atoms with E-state index in [1.807, 2.05) is 36.5 Å². The van der Waals surface area contributed by atoms with Crippen LogP contribution in [-0.2, 0) is 7.05 Å². The Morgan fingerprint density at radius 3 is 2.77 bits per heavy atom. The van der Waals surface area contributed by atoms with Gasteiger partial charge < -0.3 is 15.4 Å². The molecule has 26 heavy (non-hydrogen) atoms. The Labute approximate surface area is 149 Å². The molecule has 6 heteroatoms. The number of para-hydroxylation sites is 1. The van der Waals surface area contributed by atoms with Gasteiger partial charge in [-0.2, -0.15) is 5.10 Å². The third-order valence-electron chi connectivity index (χ3n) is 4.52. The van der Waals surface area contributed by atoms with Crippen LogP contribution >= 0.6 is 0 Å². The van der Waals surface area contributed by atoms with Crippen LogP contribution < -0.4 is 10.9 Å². The SMILES string of the molecule is Cc1c(Nc2cc(-c3ccccc3O)c3cc[nH]c3c2)cnn(C)c1=O. The summed E-state index contributed by atoms with van der Waals surface area (Å²) < 4.78 is 1.31. The average Bonchev–Trinajstić information content (AvgIpc) is 3.11. The molecule has 0 spiro atoms. The van der Waals surface area contributed by atoms with Crippen molar-refractivity contribution in [3.63, 3.8) is 0 Å². The van der Waals surface area contributed by atoms with Gasteiger partial charge in [-0.3, -0.25) is 4.79 Å². The predicted octanol–water partition coefficient (Wildman–Crippen LogP) is 3.69. The molecule has 3 N–H and O–H groups in total. The Balaban J connectivity index is 1.86. The first-order valence-electron chi connectivity index (χ1n) is 8.24. The number of aromatic nitrogens is 3. The molecule has 4 aromatic rings. The molecule has 2 aromatic carbocycles. The second-order valence-electron chi connectivity index (χ2n) is 6.22. The number of hydrogen-bond acceptors (Lipinski definition) is 4. The Kier molecular flexibility index (Phi) is 3.73. The molecule has 0 amide bonds. The van der Waals surface area contributed by atoms with Crippen LogP contribution in [0, 0.1) is 6.92 Å². The van der Waals surface area contributed by atoms with E-state index in [1.54, 1.807) is 32.3 Å². The Morgan fingerprint density at radius 2 is 1.96 bits per heavy atom. The van der Waals surface area contributed by atoms with Gasteiger partial charge in [0.05, 0.1) is 11.9 Å². The predicted molar refractivity (Wildman–Crippen MR) is 103 cm³/mol. The quantitative estimate of drug-likeness (QED) is 0.528. The monoisotopic (exact) mass is 346 g/mol. The highest BCUT2D eigenvalue weighted by atomic mass is 16.3. The number of phenolic OH excluding ortho intramolecular Hbond substituents is 1. The van der Waals surface area contributed by atoms with Crippen molar-refractivity contribution in [1.29, 1.82) is 0 Å². The molecule has 0 fully saturated rings. The molecule has 0 saturated carbocycles. The maximum atomic E-state index is 12.1. The minimum Gasteiger partial charge on any atom is -0.507 e. The van der Waals surface area contributed by atoms with Crippen LogP contribution in [0.1, 0.15) is 5.56 Å². The standard InChI is InChI=1S/C20H18N4O2/c1-12-18(11-22-24(2)20(12)26)23-13-9-16(14-7-8-21-17(14)10-13)15-5-3-4-6-19(15)25/h3-11,21,23,25H,1-2H3. The maximum absolute atomic E-state index is 12.1. The molecule has 0 saturated heterocycles. The molecular formula is C20H18N4O2. The zero-order valence-corrected chi connectivity index (χ0v) is 14.4. The molecule has 0 unspecified atom stereocenters. The van der Waals surface area contributed by atoms with Gasteiger partial charge in [-0.15, -0.1) is 0 Å². The van der Waals surface area contributed by atoms with Gasteiger partial charge in [0.15, 0.2) is 0 Å². The van der Waals surface area contributed by atoms with Crippen LogP contribution in [0.3, 0.4) is 0 Å². The van der Waals surface area contributed by atoms with Gasteiger partial charge in [0.1, 0.15) is 5.75 Å². The number of aromatic amines is 1.